The Balaban J connectivity index is 2.23. The summed E-state index contributed by atoms with van der Waals surface area (Å²) in [6.07, 6.45) is 0.905. The second-order valence-corrected chi connectivity index (χ2v) is 3.17. The lowest BCUT2D eigenvalue weighted by atomic mass is 10.2. The molecule has 0 fully saturated rings. The minimum atomic E-state index is 0.413. The van der Waals surface area contributed by atoms with Gasteiger partial charge in [-0.3, -0.25) is 0 Å². The van der Waals surface area contributed by atoms with Crippen molar-refractivity contribution >= 4 is 0 Å². The number of benzene rings is 1. The zero-order chi connectivity index (χ0) is 9.80. The van der Waals surface area contributed by atoms with E-state index < -0.39 is 0 Å². The van der Waals surface area contributed by atoms with Gasteiger partial charge in [-0.1, -0.05) is 6.07 Å². The first-order valence-electron chi connectivity index (χ1n) is 4.65. The van der Waals surface area contributed by atoms with Gasteiger partial charge in [0.25, 0.3) is 0 Å². The molecule has 1 heterocycles. The third kappa shape index (κ3) is 1.97. The third-order valence-corrected chi connectivity index (χ3v) is 2.10. The molecule has 1 aliphatic heterocycles. The highest BCUT2D eigenvalue weighted by Gasteiger charge is 2.09. The average molecular weight is 195 g/mol. The number of ether oxygens (including phenoxy) is 2. The van der Waals surface area contributed by atoms with E-state index in [1.54, 1.807) is 0 Å². The van der Waals surface area contributed by atoms with Crippen LogP contribution in [0.1, 0.15) is 12.0 Å². The molecular weight excluding hydrogens is 182 g/mol. The normalized spacial score (nSPS) is 14.9. The van der Waals surface area contributed by atoms with Crippen LogP contribution >= 0.6 is 0 Å². The second-order valence-electron chi connectivity index (χ2n) is 3.17. The molecule has 1 aromatic carbocycles. The number of fused-ring (bicyclic) bond motifs is 1. The molecule has 0 bridgehead atoms. The molecule has 0 unspecified atom stereocenters. The summed E-state index contributed by atoms with van der Waals surface area (Å²) in [5, 5.41) is 8.56. The number of hydroxylamine groups is 1. The number of hydrogen-bond acceptors (Lipinski definition) is 4. The first-order valence-corrected chi connectivity index (χ1v) is 4.65. The van der Waals surface area contributed by atoms with E-state index in [1.807, 2.05) is 18.2 Å². The molecule has 0 saturated carbocycles. The van der Waals surface area contributed by atoms with Gasteiger partial charge in [-0.25, -0.2) is 5.48 Å². The lowest BCUT2D eigenvalue weighted by Crippen LogP contribution is -2.06. The summed E-state index contributed by atoms with van der Waals surface area (Å²) in [7, 11) is 0. The highest BCUT2D eigenvalue weighted by Crippen LogP contribution is 2.30. The van der Waals surface area contributed by atoms with Crippen LogP contribution in [0.5, 0.6) is 11.5 Å². The minimum Gasteiger partial charge on any atom is -0.490 e. The van der Waals surface area contributed by atoms with Gasteiger partial charge in [0.1, 0.15) is 0 Å². The van der Waals surface area contributed by atoms with E-state index in [4.69, 9.17) is 14.7 Å². The standard InChI is InChI=1S/C10H13NO3/c12-11-7-8-2-3-9-10(6-8)14-5-1-4-13-9/h2-3,6,11-12H,1,4-5,7H2. The zero-order valence-electron chi connectivity index (χ0n) is 7.82. The molecule has 0 atom stereocenters. The monoisotopic (exact) mass is 195 g/mol. The molecule has 1 aromatic rings. The van der Waals surface area contributed by atoms with Crippen molar-refractivity contribution in [3.8, 4) is 11.5 Å². The van der Waals surface area contributed by atoms with E-state index in [1.165, 1.54) is 0 Å². The van der Waals surface area contributed by atoms with Gasteiger partial charge >= 0.3 is 0 Å². The van der Waals surface area contributed by atoms with Crippen LogP contribution in [0.15, 0.2) is 18.2 Å². The zero-order valence-corrected chi connectivity index (χ0v) is 7.82. The topological polar surface area (TPSA) is 50.7 Å². The van der Waals surface area contributed by atoms with Crippen LogP contribution in [0.2, 0.25) is 0 Å². The summed E-state index contributed by atoms with van der Waals surface area (Å²) in [6.45, 7) is 1.80. The molecular formula is C10H13NO3. The van der Waals surface area contributed by atoms with Crippen molar-refractivity contribution in [2.24, 2.45) is 0 Å². The van der Waals surface area contributed by atoms with Crippen LogP contribution in [0, 0.1) is 0 Å². The quantitative estimate of drug-likeness (QED) is 0.699. The largest absolute Gasteiger partial charge is 0.490 e. The Morgan fingerprint density at radius 3 is 2.79 bits per heavy atom. The molecule has 1 aliphatic rings. The molecule has 4 heteroatoms. The number of rotatable bonds is 2. The highest BCUT2D eigenvalue weighted by molar-refractivity contribution is 5.43. The molecule has 0 saturated heterocycles. The van der Waals surface area contributed by atoms with E-state index in [0.717, 1.165) is 23.5 Å². The van der Waals surface area contributed by atoms with Crippen molar-refractivity contribution in [1.29, 1.82) is 0 Å². The fourth-order valence-electron chi connectivity index (χ4n) is 1.41. The third-order valence-electron chi connectivity index (χ3n) is 2.10. The highest BCUT2D eigenvalue weighted by atomic mass is 16.5. The minimum absolute atomic E-state index is 0.413. The molecule has 4 nitrogen and oxygen atoms in total. The fourth-order valence-corrected chi connectivity index (χ4v) is 1.41. The molecule has 0 spiro atoms. The van der Waals surface area contributed by atoms with Gasteiger partial charge < -0.3 is 14.7 Å². The van der Waals surface area contributed by atoms with Crippen LogP contribution in [0.25, 0.3) is 0 Å². The maximum absolute atomic E-state index is 8.56. The average Bonchev–Trinajstić information content (AvgIpc) is 2.42. The lowest BCUT2D eigenvalue weighted by Gasteiger charge is -2.08. The Bertz CT molecular complexity index is 314. The SMILES string of the molecule is ONCc1ccc2c(c1)OCCCO2. The summed E-state index contributed by atoms with van der Waals surface area (Å²) in [5.41, 5.74) is 3.08. The molecule has 14 heavy (non-hydrogen) atoms. The van der Waals surface area contributed by atoms with Crippen molar-refractivity contribution in [3.05, 3.63) is 23.8 Å². The van der Waals surface area contributed by atoms with Crippen LogP contribution < -0.4 is 15.0 Å². The Kier molecular flexibility index (Phi) is 2.86. The van der Waals surface area contributed by atoms with Gasteiger partial charge in [-0.2, -0.15) is 0 Å². The Morgan fingerprint density at radius 1 is 1.21 bits per heavy atom. The van der Waals surface area contributed by atoms with Crippen LogP contribution in [0.3, 0.4) is 0 Å². The van der Waals surface area contributed by atoms with Crippen LogP contribution in [-0.4, -0.2) is 18.4 Å². The lowest BCUT2D eigenvalue weighted by molar-refractivity contribution is 0.161. The first-order chi connectivity index (χ1) is 6.90. The second kappa shape index (κ2) is 4.30. The van der Waals surface area contributed by atoms with Crippen molar-refractivity contribution in [2.75, 3.05) is 13.2 Å². The smallest absolute Gasteiger partial charge is 0.161 e. The fraction of sp³-hybridized carbons (Fsp3) is 0.400. The van der Waals surface area contributed by atoms with Gasteiger partial charge in [-0.15, -0.1) is 0 Å². The summed E-state index contributed by atoms with van der Waals surface area (Å²) in [5.74, 6) is 1.54. The summed E-state index contributed by atoms with van der Waals surface area (Å²) in [4.78, 5) is 0. The first kappa shape index (κ1) is 9.30. The Labute approximate surface area is 82.4 Å². The van der Waals surface area contributed by atoms with Gasteiger partial charge in [-0.05, 0) is 17.7 Å². The maximum Gasteiger partial charge on any atom is 0.161 e. The summed E-state index contributed by atoms with van der Waals surface area (Å²) < 4.78 is 11.0. The molecule has 0 amide bonds. The van der Waals surface area contributed by atoms with Crippen molar-refractivity contribution in [2.45, 2.75) is 13.0 Å². The van der Waals surface area contributed by atoms with Gasteiger partial charge in [0.2, 0.25) is 0 Å². The molecule has 0 aromatic heterocycles. The van der Waals surface area contributed by atoms with Crippen LogP contribution in [-0.2, 0) is 6.54 Å². The predicted molar refractivity (Wildman–Crippen MR) is 50.7 cm³/mol. The maximum atomic E-state index is 8.56. The number of hydrogen-bond donors (Lipinski definition) is 2. The van der Waals surface area contributed by atoms with E-state index in [9.17, 15) is 0 Å². The Morgan fingerprint density at radius 2 is 2.00 bits per heavy atom. The molecule has 2 N–H and O–H groups in total. The van der Waals surface area contributed by atoms with Gasteiger partial charge in [0.05, 0.1) is 13.2 Å². The van der Waals surface area contributed by atoms with E-state index in [0.29, 0.717) is 19.8 Å². The number of nitrogens with one attached hydrogen (secondary N) is 1. The van der Waals surface area contributed by atoms with E-state index in [2.05, 4.69) is 5.48 Å². The molecule has 0 aliphatic carbocycles. The van der Waals surface area contributed by atoms with E-state index >= 15 is 0 Å². The van der Waals surface area contributed by atoms with Crippen molar-refractivity contribution in [1.82, 2.24) is 5.48 Å². The molecule has 76 valence electrons. The van der Waals surface area contributed by atoms with Crippen molar-refractivity contribution in [3.63, 3.8) is 0 Å². The molecule has 2 rings (SSSR count). The van der Waals surface area contributed by atoms with Crippen LogP contribution in [0.4, 0.5) is 0 Å². The van der Waals surface area contributed by atoms with Gasteiger partial charge in [0, 0.05) is 13.0 Å². The summed E-state index contributed by atoms with van der Waals surface area (Å²) >= 11 is 0. The molecule has 0 radical (unpaired) electrons. The predicted octanol–water partition coefficient (Wildman–Crippen LogP) is 1.33. The Hall–Kier alpha value is -1.26. The summed E-state index contributed by atoms with van der Waals surface area (Å²) in [6, 6.07) is 5.65. The van der Waals surface area contributed by atoms with Crippen molar-refractivity contribution < 1.29 is 14.7 Å². The van der Waals surface area contributed by atoms with Gasteiger partial charge in [0.15, 0.2) is 11.5 Å². The van der Waals surface area contributed by atoms with E-state index in [-0.39, 0.29) is 0 Å².